The fraction of sp³-hybridized carbons (Fsp3) is 0.955. The molecule has 10 nitrogen and oxygen atoms in total. The summed E-state index contributed by atoms with van der Waals surface area (Å²) in [4.78, 5) is 20.8. The van der Waals surface area contributed by atoms with E-state index in [1.165, 1.54) is 162 Å². The summed E-state index contributed by atoms with van der Waals surface area (Å²) in [6, 6.07) is 6.39. The summed E-state index contributed by atoms with van der Waals surface area (Å²) >= 11 is 0. The molecule has 8 heterocycles. The van der Waals surface area contributed by atoms with E-state index in [0.717, 1.165) is 72.0 Å². The lowest BCUT2D eigenvalue weighted by Gasteiger charge is -2.56. The van der Waals surface area contributed by atoms with Gasteiger partial charge in [-0.05, 0) is 274 Å². The van der Waals surface area contributed by atoms with Crippen molar-refractivity contribution in [2.75, 3.05) is 105 Å². The summed E-state index contributed by atoms with van der Waals surface area (Å²) in [6.45, 7) is 75.8. The Balaban J connectivity index is 0.000000246. The second kappa shape index (κ2) is 33.9. The highest BCUT2D eigenvalue weighted by Crippen LogP contribution is 2.43. The zero-order valence-electron chi connectivity index (χ0n) is 56.2. The number of piperazine rings is 1. The third-order valence-electron chi connectivity index (χ3n) is 20.1. The second-order valence-corrected chi connectivity index (χ2v) is 29.4. The molecule has 7 aliphatic heterocycles. The molecule has 7 aliphatic rings. The van der Waals surface area contributed by atoms with E-state index in [0.29, 0.717) is 22.8 Å². The Labute approximate surface area is 481 Å². The van der Waals surface area contributed by atoms with Gasteiger partial charge in [0.1, 0.15) is 0 Å². The van der Waals surface area contributed by atoms with Crippen LogP contribution >= 0.6 is 0 Å². The molecule has 0 unspecified atom stereocenters. The van der Waals surface area contributed by atoms with Crippen LogP contribution in [0.25, 0.3) is 0 Å². The largest absolute Gasteiger partial charge is 0.301 e. The zero-order valence-corrected chi connectivity index (χ0v) is 56.2. The molecule has 7 fully saturated rings. The molecule has 8 rings (SSSR count). The van der Waals surface area contributed by atoms with Crippen molar-refractivity contribution in [3.63, 3.8) is 0 Å². The van der Waals surface area contributed by atoms with Crippen LogP contribution in [0.3, 0.4) is 0 Å². The smallest absolute Gasteiger partial charge is 0.0524 e. The van der Waals surface area contributed by atoms with Crippen molar-refractivity contribution >= 4 is 0 Å². The predicted molar refractivity (Wildman–Crippen MR) is 339 cm³/mol. The summed E-state index contributed by atoms with van der Waals surface area (Å²) < 4.78 is 2.00. The Hall–Kier alpha value is -1.11. The minimum absolute atomic E-state index is 0.475. The maximum absolute atomic E-state index is 4.25. The average molecular weight is 1080 g/mol. The summed E-state index contributed by atoms with van der Waals surface area (Å²) in [5.74, 6) is 4.32. The predicted octanol–water partition coefficient (Wildman–Crippen LogP) is 13.9. The first-order chi connectivity index (χ1) is 36.0. The van der Waals surface area contributed by atoms with Crippen LogP contribution in [0, 0.1) is 34.5 Å². The zero-order chi connectivity index (χ0) is 57.9. The number of aromatic nitrogens is 2. The van der Waals surface area contributed by atoms with Crippen molar-refractivity contribution in [2.24, 2.45) is 34.5 Å². The highest BCUT2D eigenvalue weighted by atomic mass is 15.3. The monoisotopic (exact) mass is 1080 g/mol. The van der Waals surface area contributed by atoms with Gasteiger partial charge < -0.3 is 24.5 Å². The Morgan fingerprint density at radius 2 is 0.636 bits per heavy atom. The van der Waals surface area contributed by atoms with Crippen LogP contribution < -0.4 is 0 Å². The molecule has 0 saturated carbocycles. The number of piperidine rings is 4. The Morgan fingerprint density at radius 3 is 0.896 bits per heavy atom. The molecule has 1 aromatic rings. The van der Waals surface area contributed by atoms with Gasteiger partial charge in [0.25, 0.3) is 0 Å². The molecular weight excluding hydrogens is 945 g/mol. The first-order valence-electron chi connectivity index (χ1n) is 33.0. The molecule has 0 radical (unpaired) electrons. The van der Waals surface area contributed by atoms with Crippen LogP contribution in [0.5, 0.6) is 0 Å². The van der Waals surface area contributed by atoms with Gasteiger partial charge >= 0.3 is 0 Å². The van der Waals surface area contributed by atoms with Gasteiger partial charge in [-0.25, -0.2) is 0 Å². The van der Waals surface area contributed by atoms with Crippen LogP contribution in [0.1, 0.15) is 235 Å². The highest BCUT2D eigenvalue weighted by molar-refractivity contribution is 5.09. The van der Waals surface area contributed by atoms with Gasteiger partial charge in [-0.15, -0.1) is 0 Å². The van der Waals surface area contributed by atoms with E-state index in [4.69, 9.17) is 0 Å². The fourth-order valence-electron chi connectivity index (χ4n) is 12.7. The van der Waals surface area contributed by atoms with Crippen molar-refractivity contribution in [1.29, 1.82) is 0 Å². The Kier molecular flexibility index (Phi) is 30.9. The third-order valence-corrected chi connectivity index (χ3v) is 20.1. The molecule has 77 heavy (non-hydrogen) atoms. The van der Waals surface area contributed by atoms with Crippen molar-refractivity contribution < 1.29 is 0 Å². The lowest BCUT2D eigenvalue weighted by atomic mass is 9.71. The van der Waals surface area contributed by atoms with Crippen LogP contribution in [0.15, 0.2) is 12.4 Å². The number of nitrogens with zero attached hydrogens (tertiary/aromatic N) is 10. The maximum Gasteiger partial charge on any atom is 0.0524 e. The topological polar surface area (TPSA) is 43.7 Å². The van der Waals surface area contributed by atoms with Crippen LogP contribution in [0.2, 0.25) is 0 Å². The van der Waals surface area contributed by atoms with Crippen molar-refractivity contribution in [3.05, 3.63) is 18.0 Å². The number of hydrogen-bond donors (Lipinski definition) is 0. The molecule has 0 N–H and O–H groups in total. The minimum atomic E-state index is 0.475. The van der Waals surface area contributed by atoms with Gasteiger partial charge in [-0.2, -0.15) is 5.10 Å². The van der Waals surface area contributed by atoms with Gasteiger partial charge in [0.05, 0.1) is 6.20 Å². The summed E-state index contributed by atoms with van der Waals surface area (Å²) in [5.41, 5.74) is 2.73. The summed E-state index contributed by atoms with van der Waals surface area (Å²) in [6.07, 6.45) is 15.5. The van der Waals surface area contributed by atoms with Crippen LogP contribution in [-0.4, -0.2) is 202 Å². The standard InChI is InChI=1S/C15H30N2.C13H26N2.C11H23N.C10H22N2.C9H16N2.C9H19N/c1-13(2)16-9-5-15(6-10-16)7-11-17(12-8-15)14(3)4;1-11(2)14-7-5-13(6-8-14)9-15(10-13)12(3)4;2*1-9(2)11-5-7-12(8-6-11)10(3)4;1-7(2)9-5-10-11(6-9)8(3)4;1-7(2)9-5-10(6-9)8(3)4/h13-14H,5-12H2,1-4H3;11-12H,5-10H2,1-4H3;9-11H,5-8H2,1-4H3;9-10H,5-8H2,1-4H3;5-8H,1-4H3;7-9H,5-6H2,1-4H3. The van der Waals surface area contributed by atoms with E-state index in [1.807, 2.05) is 10.9 Å². The highest BCUT2D eigenvalue weighted by Gasteiger charge is 2.45. The van der Waals surface area contributed by atoms with Crippen LogP contribution in [0.4, 0.5) is 0 Å². The van der Waals surface area contributed by atoms with Gasteiger partial charge in [0, 0.05) is 113 Å². The molecule has 0 bridgehead atoms. The molecule has 1 aromatic heterocycles. The molecule has 0 atom stereocenters. The van der Waals surface area contributed by atoms with E-state index in [2.05, 4.69) is 217 Å². The van der Waals surface area contributed by atoms with Gasteiger partial charge in [-0.1, -0.05) is 41.5 Å². The normalized spacial score (nSPS) is 22.9. The summed E-state index contributed by atoms with van der Waals surface area (Å²) in [5, 5.41) is 4.25. The van der Waals surface area contributed by atoms with Gasteiger partial charge in [0.15, 0.2) is 0 Å². The van der Waals surface area contributed by atoms with E-state index >= 15 is 0 Å². The molecule has 2 spiro atoms. The van der Waals surface area contributed by atoms with Gasteiger partial charge in [0.2, 0.25) is 0 Å². The number of likely N-dealkylation sites (tertiary alicyclic amines) is 6. The van der Waals surface area contributed by atoms with E-state index in [-0.39, 0.29) is 0 Å². The second-order valence-electron chi connectivity index (χ2n) is 29.4. The minimum Gasteiger partial charge on any atom is -0.301 e. The quantitative estimate of drug-likeness (QED) is 0.204. The van der Waals surface area contributed by atoms with Gasteiger partial charge in [-0.3, -0.25) is 19.4 Å². The molecule has 10 heteroatoms. The van der Waals surface area contributed by atoms with Crippen molar-refractivity contribution in [3.8, 4) is 0 Å². The fourth-order valence-corrected chi connectivity index (χ4v) is 12.7. The average Bonchev–Trinajstić information content (AvgIpc) is 3.86. The molecule has 7 saturated heterocycles. The lowest BCUT2D eigenvalue weighted by molar-refractivity contribution is -0.0662. The van der Waals surface area contributed by atoms with Crippen molar-refractivity contribution in [1.82, 2.24) is 49.0 Å². The number of rotatable bonds is 12. The van der Waals surface area contributed by atoms with Crippen molar-refractivity contribution in [2.45, 2.75) is 278 Å². The first kappa shape index (κ1) is 70.2. The van der Waals surface area contributed by atoms with E-state index in [9.17, 15) is 0 Å². The third kappa shape index (κ3) is 23.6. The molecule has 454 valence electrons. The molecular formula is C67H136N10. The molecule has 0 aliphatic carbocycles. The Morgan fingerprint density at radius 1 is 0.338 bits per heavy atom. The SMILES string of the molecule is CC(C)C1CCN(C(C)C)CC1.CC(C)C1CN(C(C)C)C1.CC(C)N1CCC2(CC1)CCN(C(C)C)CC2.CC(C)N1CCC2(CC1)CN(C(C)C)C2.CC(C)N1CCN(C(C)C)CC1.CC(C)c1cnn(C(C)C)c1. The number of hydrogen-bond acceptors (Lipinski definition) is 9. The van der Waals surface area contributed by atoms with E-state index in [1.54, 1.807) is 0 Å². The summed E-state index contributed by atoms with van der Waals surface area (Å²) in [7, 11) is 0. The van der Waals surface area contributed by atoms with Crippen LogP contribution in [-0.2, 0) is 0 Å². The first-order valence-corrected chi connectivity index (χ1v) is 33.0. The molecule has 0 amide bonds. The maximum atomic E-state index is 4.25. The Bertz CT molecular complexity index is 1500. The molecule has 0 aromatic carbocycles. The lowest BCUT2D eigenvalue weighted by Crippen LogP contribution is -2.62. The van der Waals surface area contributed by atoms with E-state index < -0.39 is 0 Å².